The number of halogens is 1. The van der Waals surface area contributed by atoms with Crippen LogP contribution in [-0.4, -0.2) is 22.1 Å². The van der Waals surface area contributed by atoms with E-state index in [1.165, 1.54) is 17.0 Å². The van der Waals surface area contributed by atoms with Crippen molar-refractivity contribution in [2.24, 2.45) is 0 Å². The Morgan fingerprint density at radius 2 is 2.22 bits per heavy atom. The molecule has 0 spiro atoms. The summed E-state index contributed by atoms with van der Waals surface area (Å²) >= 11 is 0. The molecule has 1 fully saturated rings. The van der Waals surface area contributed by atoms with Crippen molar-refractivity contribution >= 4 is 6.09 Å². The number of nitrogens with zero attached hydrogens (tertiary/aromatic N) is 1. The van der Waals surface area contributed by atoms with Crippen LogP contribution in [0, 0.1) is 5.82 Å². The zero-order chi connectivity index (χ0) is 13.3. The van der Waals surface area contributed by atoms with Gasteiger partial charge in [-0.05, 0) is 37.5 Å². The molecule has 2 rings (SSSR count). The van der Waals surface area contributed by atoms with Gasteiger partial charge in [-0.3, -0.25) is 4.90 Å². The molecule has 18 heavy (non-hydrogen) atoms. The SMILES string of the molecule is C=C(C)[C@H]1CC[C@@H](c2cccc(F)c2)N1C(=O)O. The number of hydrogen-bond donors (Lipinski definition) is 1. The van der Waals surface area contributed by atoms with Crippen LogP contribution >= 0.6 is 0 Å². The van der Waals surface area contributed by atoms with Crippen LogP contribution in [0.4, 0.5) is 9.18 Å². The molecule has 0 aliphatic carbocycles. The van der Waals surface area contributed by atoms with E-state index in [9.17, 15) is 14.3 Å². The third-order valence-electron chi connectivity index (χ3n) is 3.41. The third kappa shape index (κ3) is 2.23. The van der Waals surface area contributed by atoms with E-state index in [-0.39, 0.29) is 17.9 Å². The Hall–Kier alpha value is -1.84. The van der Waals surface area contributed by atoms with Gasteiger partial charge in [0.25, 0.3) is 0 Å². The topological polar surface area (TPSA) is 40.5 Å². The van der Waals surface area contributed by atoms with Crippen molar-refractivity contribution in [3.8, 4) is 0 Å². The number of benzene rings is 1. The summed E-state index contributed by atoms with van der Waals surface area (Å²) in [5.74, 6) is -0.336. The van der Waals surface area contributed by atoms with Gasteiger partial charge in [0.15, 0.2) is 0 Å². The molecule has 0 bridgehead atoms. The summed E-state index contributed by atoms with van der Waals surface area (Å²) in [6.07, 6.45) is 0.463. The summed E-state index contributed by atoms with van der Waals surface area (Å²) in [6.45, 7) is 5.66. The summed E-state index contributed by atoms with van der Waals surface area (Å²) in [7, 11) is 0. The Morgan fingerprint density at radius 3 is 2.78 bits per heavy atom. The highest BCUT2D eigenvalue weighted by Crippen LogP contribution is 2.38. The van der Waals surface area contributed by atoms with E-state index in [1.54, 1.807) is 12.1 Å². The van der Waals surface area contributed by atoms with Crippen LogP contribution in [0.5, 0.6) is 0 Å². The average Bonchev–Trinajstić information content (AvgIpc) is 2.73. The van der Waals surface area contributed by atoms with E-state index in [0.717, 1.165) is 12.0 Å². The first-order chi connectivity index (χ1) is 8.50. The molecule has 1 aliphatic heterocycles. The molecule has 0 saturated carbocycles. The number of carbonyl (C=O) groups is 1. The van der Waals surface area contributed by atoms with Gasteiger partial charge < -0.3 is 5.11 Å². The number of hydrogen-bond acceptors (Lipinski definition) is 1. The Kier molecular flexibility index (Phi) is 3.36. The molecule has 1 saturated heterocycles. The van der Waals surface area contributed by atoms with Crippen LogP contribution in [0.25, 0.3) is 0 Å². The van der Waals surface area contributed by atoms with Crippen molar-refractivity contribution in [1.29, 1.82) is 0 Å². The van der Waals surface area contributed by atoms with Crippen molar-refractivity contribution in [3.05, 3.63) is 47.8 Å². The lowest BCUT2D eigenvalue weighted by molar-refractivity contribution is 0.128. The predicted molar refractivity (Wildman–Crippen MR) is 66.8 cm³/mol. The molecule has 1 amide bonds. The smallest absolute Gasteiger partial charge is 0.408 e. The van der Waals surface area contributed by atoms with Crippen LogP contribution in [0.2, 0.25) is 0 Å². The van der Waals surface area contributed by atoms with Gasteiger partial charge >= 0.3 is 6.09 Å². The lowest BCUT2D eigenvalue weighted by Crippen LogP contribution is -2.36. The van der Waals surface area contributed by atoms with Crippen molar-refractivity contribution in [3.63, 3.8) is 0 Å². The number of carboxylic acid groups (broad SMARTS) is 1. The minimum Gasteiger partial charge on any atom is -0.465 e. The van der Waals surface area contributed by atoms with Gasteiger partial charge in [0, 0.05) is 0 Å². The lowest BCUT2D eigenvalue weighted by atomic mass is 10.0. The fraction of sp³-hybridized carbons (Fsp3) is 0.357. The molecule has 1 heterocycles. The summed E-state index contributed by atoms with van der Waals surface area (Å²) < 4.78 is 13.2. The van der Waals surface area contributed by atoms with Gasteiger partial charge in [0.1, 0.15) is 5.82 Å². The highest BCUT2D eigenvalue weighted by Gasteiger charge is 2.38. The summed E-state index contributed by atoms with van der Waals surface area (Å²) in [5, 5.41) is 9.32. The number of likely N-dealkylation sites (tertiary alicyclic amines) is 1. The maximum Gasteiger partial charge on any atom is 0.408 e. The quantitative estimate of drug-likeness (QED) is 0.814. The molecule has 1 aliphatic rings. The van der Waals surface area contributed by atoms with Gasteiger partial charge in [0.05, 0.1) is 12.1 Å². The van der Waals surface area contributed by atoms with E-state index in [4.69, 9.17) is 0 Å². The molecule has 1 aromatic rings. The summed E-state index contributed by atoms with van der Waals surface area (Å²) in [5.41, 5.74) is 1.54. The fourth-order valence-corrected chi connectivity index (χ4v) is 2.60. The minimum atomic E-state index is -0.977. The Morgan fingerprint density at radius 1 is 1.50 bits per heavy atom. The van der Waals surface area contributed by atoms with Gasteiger partial charge in [-0.2, -0.15) is 0 Å². The zero-order valence-electron chi connectivity index (χ0n) is 10.3. The van der Waals surface area contributed by atoms with Gasteiger partial charge in [-0.15, -0.1) is 0 Å². The van der Waals surface area contributed by atoms with Crippen molar-refractivity contribution in [2.45, 2.75) is 31.8 Å². The second kappa shape index (κ2) is 4.80. The fourth-order valence-electron chi connectivity index (χ4n) is 2.60. The molecule has 0 radical (unpaired) electrons. The van der Waals surface area contributed by atoms with Crippen LogP contribution < -0.4 is 0 Å². The molecule has 1 N–H and O–H groups in total. The lowest BCUT2D eigenvalue weighted by Gasteiger charge is -2.28. The van der Waals surface area contributed by atoms with Gasteiger partial charge in [-0.25, -0.2) is 9.18 Å². The highest BCUT2D eigenvalue weighted by molar-refractivity contribution is 5.67. The molecule has 4 heteroatoms. The average molecular weight is 249 g/mol. The summed E-state index contributed by atoms with van der Waals surface area (Å²) in [6, 6.07) is 5.69. The van der Waals surface area contributed by atoms with Crippen LogP contribution in [0.1, 0.15) is 31.4 Å². The first kappa shape index (κ1) is 12.6. The number of amides is 1. The van der Waals surface area contributed by atoms with Gasteiger partial charge in [0.2, 0.25) is 0 Å². The van der Waals surface area contributed by atoms with E-state index in [0.29, 0.717) is 12.0 Å². The molecule has 96 valence electrons. The molecular formula is C14H16FNO2. The maximum absolute atomic E-state index is 13.2. The first-order valence-electron chi connectivity index (χ1n) is 5.93. The minimum absolute atomic E-state index is 0.171. The van der Waals surface area contributed by atoms with Crippen molar-refractivity contribution < 1.29 is 14.3 Å². The normalized spacial score (nSPS) is 23.1. The van der Waals surface area contributed by atoms with Crippen molar-refractivity contribution in [1.82, 2.24) is 4.90 Å². The van der Waals surface area contributed by atoms with E-state index in [2.05, 4.69) is 6.58 Å². The zero-order valence-corrected chi connectivity index (χ0v) is 10.3. The second-order valence-electron chi connectivity index (χ2n) is 4.70. The monoisotopic (exact) mass is 249 g/mol. The standard InChI is InChI=1S/C14H16FNO2/c1-9(2)12-6-7-13(16(12)14(17)18)10-4-3-5-11(15)8-10/h3-5,8,12-13H,1,6-7H2,2H3,(H,17,18)/t12-,13+/m1/s1. The Bertz CT molecular complexity index is 486. The molecule has 0 unspecified atom stereocenters. The molecule has 2 atom stereocenters. The van der Waals surface area contributed by atoms with Gasteiger partial charge in [-0.1, -0.05) is 24.3 Å². The molecular weight excluding hydrogens is 233 g/mol. The van der Waals surface area contributed by atoms with E-state index in [1.807, 2.05) is 6.92 Å². The largest absolute Gasteiger partial charge is 0.465 e. The molecule has 3 nitrogen and oxygen atoms in total. The molecule has 1 aromatic carbocycles. The Balaban J connectivity index is 2.33. The third-order valence-corrected chi connectivity index (χ3v) is 3.41. The van der Waals surface area contributed by atoms with Crippen molar-refractivity contribution in [2.75, 3.05) is 0 Å². The molecule has 0 aromatic heterocycles. The highest BCUT2D eigenvalue weighted by atomic mass is 19.1. The Labute approximate surface area is 106 Å². The van der Waals surface area contributed by atoms with Crippen LogP contribution in [0.15, 0.2) is 36.4 Å². The second-order valence-corrected chi connectivity index (χ2v) is 4.70. The maximum atomic E-state index is 13.2. The summed E-state index contributed by atoms with van der Waals surface area (Å²) in [4.78, 5) is 12.8. The van der Waals surface area contributed by atoms with Crippen LogP contribution in [0.3, 0.4) is 0 Å². The predicted octanol–water partition coefficient (Wildman–Crippen LogP) is 3.59. The first-order valence-corrected chi connectivity index (χ1v) is 5.93. The van der Waals surface area contributed by atoms with E-state index < -0.39 is 6.09 Å². The van der Waals surface area contributed by atoms with Crippen LogP contribution in [-0.2, 0) is 0 Å². The number of rotatable bonds is 2. The van der Waals surface area contributed by atoms with E-state index >= 15 is 0 Å².